The number of hydrogen-bond acceptors (Lipinski definition) is 3. The van der Waals surface area contributed by atoms with Crippen LogP contribution in [0.25, 0.3) is 0 Å². The van der Waals surface area contributed by atoms with Gasteiger partial charge in [-0.2, -0.15) is 0 Å². The molecule has 0 radical (unpaired) electrons. The molecule has 100 valence electrons. The largest absolute Gasteiger partial charge is 0.508 e. The molecule has 0 spiro atoms. The molecule has 0 saturated heterocycles. The number of carbonyl (C=O) groups is 1. The maximum atomic E-state index is 12.1. The first kappa shape index (κ1) is 14.5. The van der Waals surface area contributed by atoms with Gasteiger partial charge in [-0.15, -0.1) is 0 Å². The van der Waals surface area contributed by atoms with E-state index in [2.05, 4.69) is 5.32 Å². The van der Waals surface area contributed by atoms with Gasteiger partial charge in [-0.3, -0.25) is 4.79 Å². The third kappa shape index (κ3) is 3.23. The number of hydrogen-bond donors (Lipinski definition) is 3. The number of nitrogens with two attached hydrogens (primary N) is 1. The molecule has 4 heteroatoms. The van der Waals surface area contributed by atoms with Crippen LogP contribution in [0.1, 0.15) is 37.8 Å². The van der Waals surface area contributed by atoms with Crippen molar-refractivity contribution in [2.45, 2.75) is 46.1 Å². The predicted octanol–water partition coefficient (Wildman–Crippen LogP) is 2.47. The molecular formula is C14H22N2O2. The zero-order valence-electron chi connectivity index (χ0n) is 11.5. The molecule has 0 aliphatic carbocycles. The molecule has 1 atom stereocenters. The van der Waals surface area contributed by atoms with Gasteiger partial charge in [-0.1, -0.05) is 13.3 Å². The van der Waals surface area contributed by atoms with E-state index in [0.717, 1.165) is 17.5 Å². The molecule has 1 aromatic carbocycles. The average Bonchev–Trinajstić information content (AvgIpc) is 2.25. The van der Waals surface area contributed by atoms with E-state index in [0.29, 0.717) is 12.1 Å². The van der Waals surface area contributed by atoms with Crippen molar-refractivity contribution in [1.82, 2.24) is 0 Å². The number of phenolic OH excluding ortho intramolecular Hbond substituents is 1. The number of carbonyl (C=O) groups excluding carboxylic acids is 1. The van der Waals surface area contributed by atoms with E-state index in [4.69, 9.17) is 5.73 Å². The van der Waals surface area contributed by atoms with Crippen LogP contribution < -0.4 is 11.1 Å². The van der Waals surface area contributed by atoms with Gasteiger partial charge in [0.2, 0.25) is 5.91 Å². The van der Waals surface area contributed by atoms with Gasteiger partial charge in [0.1, 0.15) is 5.75 Å². The molecule has 0 aromatic heterocycles. The molecule has 0 saturated carbocycles. The molecule has 18 heavy (non-hydrogen) atoms. The Bertz CT molecular complexity index is 453. The first-order valence-corrected chi connectivity index (χ1v) is 6.18. The van der Waals surface area contributed by atoms with Crippen molar-refractivity contribution in [2.24, 2.45) is 5.73 Å². The summed E-state index contributed by atoms with van der Waals surface area (Å²) in [7, 11) is 0. The number of amides is 1. The second kappa shape index (κ2) is 5.40. The molecule has 0 aliphatic rings. The summed E-state index contributed by atoms with van der Waals surface area (Å²) in [5, 5.41) is 12.4. The van der Waals surface area contributed by atoms with Crippen molar-refractivity contribution in [1.29, 1.82) is 0 Å². The Morgan fingerprint density at radius 1 is 1.39 bits per heavy atom. The fourth-order valence-corrected chi connectivity index (χ4v) is 1.83. The number of nitrogens with one attached hydrogen (secondary N) is 1. The van der Waals surface area contributed by atoms with Gasteiger partial charge in [0, 0.05) is 5.69 Å². The van der Waals surface area contributed by atoms with Crippen LogP contribution in [0, 0.1) is 13.8 Å². The van der Waals surface area contributed by atoms with E-state index in [-0.39, 0.29) is 11.7 Å². The standard InChI is InChI=1S/C14H22N2O2/c1-5-6-14(4,15)13(18)16-11-7-10(3)12(17)8-9(11)2/h7-8,17H,5-6,15H2,1-4H3,(H,16,18). The summed E-state index contributed by atoms with van der Waals surface area (Å²) in [6, 6.07) is 3.39. The molecule has 0 heterocycles. The summed E-state index contributed by atoms with van der Waals surface area (Å²) >= 11 is 0. The van der Waals surface area contributed by atoms with E-state index < -0.39 is 5.54 Å². The Morgan fingerprint density at radius 3 is 2.56 bits per heavy atom. The van der Waals surface area contributed by atoms with Crippen LogP contribution in [-0.4, -0.2) is 16.6 Å². The van der Waals surface area contributed by atoms with E-state index in [1.807, 2.05) is 13.8 Å². The molecule has 0 bridgehead atoms. The maximum absolute atomic E-state index is 12.1. The fourth-order valence-electron chi connectivity index (χ4n) is 1.83. The van der Waals surface area contributed by atoms with Crippen LogP contribution in [-0.2, 0) is 4.79 Å². The van der Waals surface area contributed by atoms with Crippen molar-refractivity contribution >= 4 is 11.6 Å². The van der Waals surface area contributed by atoms with E-state index >= 15 is 0 Å². The second-order valence-electron chi connectivity index (χ2n) is 5.08. The highest BCUT2D eigenvalue weighted by molar-refractivity contribution is 5.98. The highest BCUT2D eigenvalue weighted by Gasteiger charge is 2.27. The van der Waals surface area contributed by atoms with E-state index in [1.54, 1.807) is 26.0 Å². The van der Waals surface area contributed by atoms with Gasteiger partial charge in [-0.25, -0.2) is 0 Å². The monoisotopic (exact) mass is 250 g/mol. The lowest BCUT2D eigenvalue weighted by molar-refractivity contribution is -0.120. The lowest BCUT2D eigenvalue weighted by atomic mass is 9.96. The first-order valence-electron chi connectivity index (χ1n) is 6.18. The summed E-state index contributed by atoms with van der Waals surface area (Å²) in [5.41, 5.74) is 7.35. The van der Waals surface area contributed by atoms with Crippen molar-refractivity contribution < 1.29 is 9.90 Å². The van der Waals surface area contributed by atoms with Crippen LogP contribution >= 0.6 is 0 Å². The zero-order valence-corrected chi connectivity index (χ0v) is 11.5. The average molecular weight is 250 g/mol. The minimum Gasteiger partial charge on any atom is -0.508 e. The molecule has 1 rings (SSSR count). The molecular weight excluding hydrogens is 228 g/mol. The zero-order chi connectivity index (χ0) is 13.9. The summed E-state index contributed by atoms with van der Waals surface area (Å²) < 4.78 is 0. The molecule has 1 amide bonds. The number of phenols is 1. The Hall–Kier alpha value is -1.55. The van der Waals surface area contributed by atoms with Gasteiger partial charge in [0.05, 0.1) is 5.54 Å². The Balaban J connectivity index is 2.92. The normalized spacial score (nSPS) is 14.1. The minimum atomic E-state index is -0.868. The van der Waals surface area contributed by atoms with Crippen LogP contribution in [0.3, 0.4) is 0 Å². The Kier molecular flexibility index (Phi) is 4.35. The third-order valence-electron chi connectivity index (χ3n) is 3.08. The van der Waals surface area contributed by atoms with Gasteiger partial charge in [-0.05, 0) is 50.5 Å². The van der Waals surface area contributed by atoms with Crippen LogP contribution in [0.15, 0.2) is 12.1 Å². The third-order valence-corrected chi connectivity index (χ3v) is 3.08. The lowest BCUT2D eigenvalue weighted by Crippen LogP contribution is -2.48. The number of anilines is 1. The number of benzene rings is 1. The SMILES string of the molecule is CCCC(C)(N)C(=O)Nc1cc(C)c(O)cc1C. The minimum absolute atomic E-state index is 0.197. The highest BCUT2D eigenvalue weighted by Crippen LogP contribution is 2.25. The van der Waals surface area contributed by atoms with Crippen molar-refractivity contribution in [3.8, 4) is 5.75 Å². The second-order valence-corrected chi connectivity index (χ2v) is 5.08. The summed E-state index contributed by atoms with van der Waals surface area (Å²) in [5.74, 6) is 0.0344. The summed E-state index contributed by atoms with van der Waals surface area (Å²) in [4.78, 5) is 12.1. The molecule has 1 unspecified atom stereocenters. The number of aryl methyl sites for hydroxylation is 2. The lowest BCUT2D eigenvalue weighted by Gasteiger charge is -2.23. The topological polar surface area (TPSA) is 75.4 Å². The predicted molar refractivity (Wildman–Crippen MR) is 73.7 cm³/mol. The Morgan fingerprint density at radius 2 is 2.00 bits per heavy atom. The van der Waals surface area contributed by atoms with Gasteiger partial charge in [0.15, 0.2) is 0 Å². The number of aromatic hydroxyl groups is 1. The number of rotatable bonds is 4. The molecule has 0 aliphatic heterocycles. The van der Waals surface area contributed by atoms with Gasteiger partial charge < -0.3 is 16.2 Å². The van der Waals surface area contributed by atoms with Crippen LogP contribution in [0.2, 0.25) is 0 Å². The van der Waals surface area contributed by atoms with E-state index in [1.165, 1.54) is 0 Å². The highest BCUT2D eigenvalue weighted by atomic mass is 16.3. The molecule has 0 fully saturated rings. The molecule has 4 nitrogen and oxygen atoms in total. The summed E-state index contributed by atoms with van der Waals surface area (Å²) in [6.07, 6.45) is 1.49. The van der Waals surface area contributed by atoms with Gasteiger partial charge >= 0.3 is 0 Å². The van der Waals surface area contributed by atoms with Crippen LogP contribution in [0.4, 0.5) is 5.69 Å². The molecule has 4 N–H and O–H groups in total. The Labute approximate surface area is 108 Å². The van der Waals surface area contributed by atoms with Crippen molar-refractivity contribution in [3.63, 3.8) is 0 Å². The van der Waals surface area contributed by atoms with Crippen molar-refractivity contribution in [2.75, 3.05) is 5.32 Å². The smallest absolute Gasteiger partial charge is 0.244 e. The molecule has 1 aromatic rings. The van der Waals surface area contributed by atoms with Gasteiger partial charge in [0.25, 0.3) is 0 Å². The first-order chi connectivity index (χ1) is 8.27. The summed E-state index contributed by atoms with van der Waals surface area (Å²) in [6.45, 7) is 7.35. The fraction of sp³-hybridized carbons (Fsp3) is 0.500. The maximum Gasteiger partial charge on any atom is 0.244 e. The van der Waals surface area contributed by atoms with Crippen LogP contribution in [0.5, 0.6) is 5.75 Å². The quantitative estimate of drug-likeness (QED) is 0.718. The van der Waals surface area contributed by atoms with Crippen molar-refractivity contribution in [3.05, 3.63) is 23.3 Å². The van der Waals surface area contributed by atoms with E-state index in [9.17, 15) is 9.90 Å².